The van der Waals surface area contributed by atoms with Crippen LogP contribution >= 0.6 is 0 Å². The normalized spacial score (nSPS) is 20.9. The Morgan fingerprint density at radius 2 is 1.90 bits per heavy atom. The zero-order valence-electron chi connectivity index (χ0n) is 11.5. The molecular formula is C14H17FN2O4. The number of hydrogen-bond acceptors (Lipinski definition) is 5. The third-order valence-electron chi connectivity index (χ3n) is 4.07. The highest BCUT2D eigenvalue weighted by Crippen LogP contribution is 2.30. The number of rotatable bonds is 3. The molecule has 0 amide bonds. The monoisotopic (exact) mass is 296 g/mol. The molecule has 114 valence electrons. The molecule has 2 aliphatic heterocycles. The number of hydrogen-bond donors (Lipinski definition) is 0. The number of piperidine rings is 1. The van der Waals surface area contributed by atoms with Gasteiger partial charge in [-0.2, -0.15) is 4.39 Å². The van der Waals surface area contributed by atoms with Crippen molar-refractivity contribution >= 4 is 11.4 Å². The molecule has 0 N–H and O–H groups in total. The molecular weight excluding hydrogens is 279 g/mol. The average molecular weight is 296 g/mol. The summed E-state index contributed by atoms with van der Waals surface area (Å²) in [5, 5.41) is 10.6. The van der Waals surface area contributed by atoms with Crippen molar-refractivity contribution in [1.29, 1.82) is 0 Å². The summed E-state index contributed by atoms with van der Waals surface area (Å²) in [6.45, 7) is 2.84. The van der Waals surface area contributed by atoms with Crippen molar-refractivity contribution < 1.29 is 18.8 Å². The molecule has 0 aromatic heterocycles. The van der Waals surface area contributed by atoms with Crippen molar-refractivity contribution in [1.82, 2.24) is 0 Å². The Hall–Kier alpha value is -1.73. The zero-order chi connectivity index (χ0) is 14.8. The third-order valence-corrected chi connectivity index (χ3v) is 4.07. The molecule has 6 nitrogen and oxygen atoms in total. The summed E-state index contributed by atoms with van der Waals surface area (Å²) in [6.07, 6.45) is 1.70. The van der Waals surface area contributed by atoms with E-state index in [1.807, 2.05) is 4.90 Å². The van der Waals surface area contributed by atoms with E-state index in [2.05, 4.69) is 0 Å². The summed E-state index contributed by atoms with van der Waals surface area (Å²) in [5.41, 5.74) is 0.200. The van der Waals surface area contributed by atoms with Gasteiger partial charge in [-0.3, -0.25) is 10.1 Å². The van der Waals surface area contributed by atoms with Gasteiger partial charge in [-0.15, -0.1) is 0 Å². The summed E-state index contributed by atoms with van der Waals surface area (Å²) < 4.78 is 24.7. The van der Waals surface area contributed by atoms with Crippen LogP contribution in [0.3, 0.4) is 0 Å². The van der Waals surface area contributed by atoms with Gasteiger partial charge in [0.2, 0.25) is 5.82 Å². The Kier molecular flexibility index (Phi) is 4.03. The van der Waals surface area contributed by atoms with E-state index in [0.29, 0.717) is 24.8 Å². The maximum Gasteiger partial charge on any atom is 0.304 e. The molecule has 0 unspecified atom stereocenters. The highest BCUT2D eigenvalue weighted by molar-refractivity contribution is 5.52. The van der Waals surface area contributed by atoms with Crippen molar-refractivity contribution in [2.24, 2.45) is 5.92 Å². The standard InChI is InChI=1S/C14H17FN2O4/c15-12-9-11(1-2-13(12)17(18)19)16-5-3-10(4-6-16)14-20-7-8-21-14/h1-2,9-10,14H,3-8H2. The topological polar surface area (TPSA) is 64.8 Å². The first-order chi connectivity index (χ1) is 10.1. The number of ether oxygens (including phenoxy) is 2. The summed E-state index contributed by atoms with van der Waals surface area (Å²) in [7, 11) is 0. The van der Waals surface area contributed by atoms with Gasteiger partial charge in [-0.1, -0.05) is 0 Å². The first kappa shape index (κ1) is 14.2. The average Bonchev–Trinajstić information content (AvgIpc) is 3.01. The van der Waals surface area contributed by atoms with E-state index in [1.165, 1.54) is 12.1 Å². The lowest BCUT2D eigenvalue weighted by atomic mass is 9.96. The molecule has 1 aromatic carbocycles. The quantitative estimate of drug-likeness (QED) is 0.632. The van der Waals surface area contributed by atoms with Crippen LogP contribution in [0.2, 0.25) is 0 Å². The maximum atomic E-state index is 13.7. The largest absolute Gasteiger partial charge is 0.371 e. The molecule has 3 rings (SSSR count). The van der Waals surface area contributed by atoms with Crippen LogP contribution in [0, 0.1) is 21.8 Å². The van der Waals surface area contributed by atoms with Gasteiger partial charge in [0.25, 0.3) is 0 Å². The fourth-order valence-corrected chi connectivity index (χ4v) is 2.92. The van der Waals surface area contributed by atoms with E-state index in [1.54, 1.807) is 6.07 Å². The smallest absolute Gasteiger partial charge is 0.304 e. The lowest BCUT2D eigenvalue weighted by Gasteiger charge is -2.35. The summed E-state index contributed by atoms with van der Waals surface area (Å²) >= 11 is 0. The van der Waals surface area contributed by atoms with Gasteiger partial charge in [0.1, 0.15) is 0 Å². The number of benzene rings is 1. The zero-order valence-corrected chi connectivity index (χ0v) is 11.5. The van der Waals surface area contributed by atoms with Gasteiger partial charge in [0.05, 0.1) is 18.1 Å². The maximum absolute atomic E-state index is 13.7. The summed E-state index contributed by atoms with van der Waals surface area (Å²) in [4.78, 5) is 12.0. The van der Waals surface area contributed by atoms with E-state index in [0.717, 1.165) is 25.9 Å². The molecule has 2 saturated heterocycles. The van der Waals surface area contributed by atoms with Crippen LogP contribution in [0.25, 0.3) is 0 Å². The summed E-state index contributed by atoms with van der Waals surface area (Å²) in [5.74, 6) is -0.422. The van der Waals surface area contributed by atoms with Gasteiger partial charge in [-0.25, -0.2) is 0 Å². The van der Waals surface area contributed by atoms with Gasteiger partial charge in [-0.05, 0) is 18.9 Å². The molecule has 21 heavy (non-hydrogen) atoms. The number of halogens is 1. The van der Waals surface area contributed by atoms with Crippen LogP contribution in [-0.4, -0.2) is 37.5 Å². The Morgan fingerprint density at radius 1 is 1.24 bits per heavy atom. The van der Waals surface area contributed by atoms with Crippen molar-refractivity contribution in [3.63, 3.8) is 0 Å². The number of anilines is 1. The van der Waals surface area contributed by atoms with Crippen molar-refractivity contribution in [2.75, 3.05) is 31.2 Å². The minimum atomic E-state index is -0.790. The second-order valence-electron chi connectivity index (χ2n) is 5.33. The van der Waals surface area contributed by atoms with Gasteiger partial charge >= 0.3 is 5.69 Å². The minimum absolute atomic E-state index is 0.110. The van der Waals surface area contributed by atoms with Crippen LogP contribution in [-0.2, 0) is 9.47 Å². The van der Waals surface area contributed by atoms with E-state index in [-0.39, 0.29) is 6.29 Å². The molecule has 0 aliphatic carbocycles. The number of nitro benzene ring substituents is 1. The van der Waals surface area contributed by atoms with Crippen LogP contribution in [0.1, 0.15) is 12.8 Å². The van der Waals surface area contributed by atoms with Crippen molar-refractivity contribution in [3.05, 3.63) is 34.1 Å². The molecule has 0 bridgehead atoms. The fraction of sp³-hybridized carbons (Fsp3) is 0.571. The lowest BCUT2D eigenvalue weighted by Crippen LogP contribution is -2.38. The second kappa shape index (κ2) is 5.95. The van der Waals surface area contributed by atoms with E-state index < -0.39 is 16.4 Å². The van der Waals surface area contributed by atoms with Crippen LogP contribution in [0.4, 0.5) is 15.8 Å². The van der Waals surface area contributed by atoms with Gasteiger partial charge < -0.3 is 14.4 Å². The molecule has 2 fully saturated rings. The van der Waals surface area contributed by atoms with Gasteiger partial charge in [0.15, 0.2) is 6.29 Å². The lowest BCUT2D eigenvalue weighted by molar-refractivity contribution is -0.387. The molecule has 1 aromatic rings. The molecule has 0 spiro atoms. The van der Waals surface area contributed by atoms with E-state index >= 15 is 0 Å². The minimum Gasteiger partial charge on any atom is -0.371 e. The van der Waals surface area contributed by atoms with Crippen molar-refractivity contribution in [2.45, 2.75) is 19.1 Å². The Morgan fingerprint density at radius 3 is 2.48 bits per heavy atom. The van der Waals surface area contributed by atoms with Crippen molar-refractivity contribution in [3.8, 4) is 0 Å². The molecule has 0 atom stereocenters. The number of nitrogens with zero attached hydrogens (tertiary/aromatic N) is 2. The molecule has 7 heteroatoms. The van der Waals surface area contributed by atoms with Crippen LogP contribution in [0.15, 0.2) is 18.2 Å². The predicted octanol–water partition coefficient (Wildman–Crippen LogP) is 2.32. The highest BCUT2D eigenvalue weighted by Gasteiger charge is 2.30. The van der Waals surface area contributed by atoms with Gasteiger partial charge in [0, 0.05) is 36.8 Å². The van der Waals surface area contributed by atoms with E-state index in [9.17, 15) is 14.5 Å². The highest BCUT2D eigenvalue weighted by atomic mass is 19.1. The SMILES string of the molecule is O=[N+]([O-])c1ccc(N2CCC(C3OCCO3)CC2)cc1F. The summed E-state index contributed by atoms with van der Waals surface area (Å²) in [6, 6.07) is 4.06. The van der Waals surface area contributed by atoms with E-state index in [4.69, 9.17) is 9.47 Å². The molecule has 0 radical (unpaired) electrons. The van der Waals surface area contributed by atoms with Crippen LogP contribution in [0.5, 0.6) is 0 Å². The Bertz CT molecular complexity index is 526. The van der Waals surface area contributed by atoms with Crippen LogP contribution < -0.4 is 4.90 Å². The fourth-order valence-electron chi connectivity index (χ4n) is 2.92. The first-order valence-electron chi connectivity index (χ1n) is 7.07. The third kappa shape index (κ3) is 2.98. The molecule has 2 heterocycles. The molecule has 0 saturated carbocycles. The Labute approximate surface area is 121 Å². The first-order valence-corrected chi connectivity index (χ1v) is 7.07. The predicted molar refractivity (Wildman–Crippen MR) is 73.7 cm³/mol. The Balaban J connectivity index is 1.64. The molecule has 2 aliphatic rings. The number of nitro groups is 1. The second-order valence-corrected chi connectivity index (χ2v) is 5.33.